The van der Waals surface area contributed by atoms with E-state index < -0.39 is 22.0 Å². The van der Waals surface area contributed by atoms with E-state index in [0.29, 0.717) is 25.1 Å². The first-order valence-corrected chi connectivity index (χ1v) is 14.0. The van der Waals surface area contributed by atoms with Gasteiger partial charge >= 0.3 is 0 Å². The number of anilines is 1. The molecule has 2 amide bonds. The Morgan fingerprint density at radius 2 is 1.66 bits per heavy atom. The van der Waals surface area contributed by atoms with Gasteiger partial charge in [0.1, 0.15) is 12.6 Å². The summed E-state index contributed by atoms with van der Waals surface area (Å²) in [6.07, 6.45) is 2.85. The summed E-state index contributed by atoms with van der Waals surface area (Å²) < 4.78 is 26.7. The highest BCUT2D eigenvalue weighted by molar-refractivity contribution is 7.92. The molecule has 192 valence electrons. The Morgan fingerprint density at radius 1 is 1.00 bits per heavy atom. The van der Waals surface area contributed by atoms with E-state index in [0.717, 1.165) is 33.7 Å². The van der Waals surface area contributed by atoms with Gasteiger partial charge in [-0.15, -0.1) is 0 Å². The van der Waals surface area contributed by atoms with Crippen molar-refractivity contribution in [2.24, 2.45) is 0 Å². The first-order valence-electron chi connectivity index (χ1n) is 12.2. The van der Waals surface area contributed by atoms with Crippen LogP contribution in [0.25, 0.3) is 0 Å². The second kappa shape index (κ2) is 12.7. The Labute approximate surface area is 210 Å². The number of benzene rings is 2. The lowest BCUT2D eigenvalue weighted by Crippen LogP contribution is -2.54. The number of nitrogens with zero attached hydrogens (tertiary/aromatic N) is 2. The van der Waals surface area contributed by atoms with Gasteiger partial charge in [0.25, 0.3) is 0 Å². The van der Waals surface area contributed by atoms with Crippen molar-refractivity contribution in [3.05, 3.63) is 65.2 Å². The standard InChI is InChI=1S/C27H39N3O4S/c1-7-22(5)28-27(32)24(8-2)29(17-16-23-12-10-9-11-13-23)26(31)19-30(35(6,33)34)25-18-20(3)14-15-21(25)4/h9-15,18,22,24H,7-8,16-17,19H2,1-6H3,(H,28,32)/t22-,24-/m0/s1. The molecule has 1 N–H and O–H groups in total. The van der Waals surface area contributed by atoms with Crippen LogP contribution < -0.4 is 9.62 Å². The summed E-state index contributed by atoms with van der Waals surface area (Å²) in [5.74, 6) is -0.626. The molecule has 0 radical (unpaired) electrons. The van der Waals surface area contributed by atoms with Crippen LogP contribution in [-0.4, -0.2) is 56.6 Å². The number of nitrogens with one attached hydrogen (secondary N) is 1. The molecule has 0 saturated carbocycles. The maximum atomic E-state index is 13.7. The Bertz CT molecular complexity index is 1100. The third-order valence-electron chi connectivity index (χ3n) is 6.18. The number of aryl methyl sites for hydroxylation is 2. The molecular formula is C27H39N3O4S. The minimum Gasteiger partial charge on any atom is -0.352 e. The fourth-order valence-electron chi connectivity index (χ4n) is 3.92. The monoisotopic (exact) mass is 501 g/mol. The zero-order valence-corrected chi connectivity index (χ0v) is 22.6. The predicted octanol–water partition coefficient (Wildman–Crippen LogP) is 3.83. The SMILES string of the molecule is CC[C@H](C)NC(=O)[C@H](CC)N(CCc1ccccc1)C(=O)CN(c1cc(C)ccc1C)S(C)(=O)=O. The first kappa shape index (κ1) is 28.4. The molecule has 0 aliphatic rings. The second-order valence-corrected chi connectivity index (χ2v) is 11.0. The summed E-state index contributed by atoms with van der Waals surface area (Å²) in [6.45, 7) is 9.40. The highest BCUT2D eigenvalue weighted by atomic mass is 32.2. The third kappa shape index (κ3) is 8.09. The van der Waals surface area contributed by atoms with Gasteiger partial charge in [-0.1, -0.05) is 56.3 Å². The molecule has 2 atom stereocenters. The number of hydrogen-bond donors (Lipinski definition) is 1. The Balaban J connectivity index is 2.40. The maximum absolute atomic E-state index is 13.7. The lowest BCUT2D eigenvalue weighted by molar-refractivity contribution is -0.139. The molecule has 0 aliphatic carbocycles. The fourth-order valence-corrected chi connectivity index (χ4v) is 4.82. The van der Waals surface area contributed by atoms with E-state index >= 15 is 0 Å². The molecular weight excluding hydrogens is 462 g/mol. The predicted molar refractivity (Wildman–Crippen MR) is 142 cm³/mol. The molecule has 35 heavy (non-hydrogen) atoms. The van der Waals surface area contributed by atoms with E-state index in [4.69, 9.17) is 0 Å². The normalized spacial score (nSPS) is 13.1. The van der Waals surface area contributed by atoms with Crippen molar-refractivity contribution in [3.8, 4) is 0 Å². The highest BCUT2D eigenvalue weighted by Gasteiger charge is 2.32. The van der Waals surface area contributed by atoms with Gasteiger partial charge in [0.2, 0.25) is 21.8 Å². The van der Waals surface area contributed by atoms with Gasteiger partial charge in [-0.05, 0) is 62.8 Å². The highest BCUT2D eigenvalue weighted by Crippen LogP contribution is 2.24. The average molecular weight is 502 g/mol. The van der Waals surface area contributed by atoms with Crippen LogP contribution in [0.3, 0.4) is 0 Å². The van der Waals surface area contributed by atoms with E-state index in [2.05, 4.69) is 5.32 Å². The molecule has 2 rings (SSSR count). The van der Waals surface area contributed by atoms with E-state index in [1.54, 1.807) is 6.07 Å². The van der Waals surface area contributed by atoms with Crippen molar-refractivity contribution in [3.63, 3.8) is 0 Å². The lowest BCUT2D eigenvalue weighted by atomic mass is 10.1. The molecule has 0 heterocycles. The van der Waals surface area contributed by atoms with Crippen LogP contribution in [0.15, 0.2) is 48.5 Å². The zero-order chi connectivity index (χ0) is 26.2. The summed E-state index contributed by atoms with van der Waals surface area (Å²) >= 11 is 0. The van der Waals surface area contributed by atoms with Gasteiger partial charge in [-0.2, -0.15) is 0 Å². The van der Waals surface area contributed by atoms with Crippen molar-refractivity contribution in [1.82, 2.24) is 10.2 Å². The first-order chi connectivity index (χ1) is 16.5. The largest absolute Gasteiger partial charge is 0.352 e. The Kier molecular flexibility index (Phi) is 10.3. The number of carbonyl (C=O) groups excluding carboxylic acids is 2. The summed E-state index contributed by atoms with van der Waals surface area (Å²) in [5, 5.41) is 2.98. The van der Waals surface area contributed by atoms with Gasteiger partial charge in [-0.3, -0.25) is 13.9 Å². The van der Waals surface area contributed by atoms with E-state index in [-0.39, 0.29) is 18.5 Å². The molecule has 0 saturated heterocycles. The molecule has 0 fully saturated rings. The second-order valence-electron chi connectivity index (χ2n) is 9.12. The lowest BCUT2D eigenvalue weighted by Gasteiger charge is -2.33. The minimum absolute atomic E-state index is 0.0231. The van der Waals surface area contributed by atoms with Crippen molar-refractivity contribution < 1.29 is 18.0 Å². The summed E-state index contributed by atoms with van der Waals surface area (Å²) in [7, 11) is -3.74. The molecule has 2 aromatic rings. The molecule has 2 aromatic carbocycles. The number of carbonyl (C=O) groups is 2. The van der Waals surface area contributed by atoms with Crippen LogP contribution in [0.1, 0.15) is 50.3 Å². The summed E-state index contributed by atoms with van der Waals surface area (Å²) in [6, 6.07) is 14.5. The van der Waals surface area contributed by atoms with Crippen molar-refractivity contribution >= 4 is 27.5 Å². The third-order valence-corrected chi connectivity index (χ3v) is 7.31. The van der Waals surface area contributed by atoms with Crippen LogP contribution in [0.2, 0.25) is 0 Å². The molecule has 7 nitrogen and oxygen atoms in total. The smallest absolute Gasteiger partial charge is 0.244 e. The topological polar surface area (TPSA) is 86.8 Å². The van der Waals surface area contributed by atoms with Crippen molar-refractivity contribution in [1.29, 1.82) is 0 Å². The van der Waals surface area contributed by atoms with Gasteiger partial charge in [0, 0.05) is 12.6 Å². The van der Waals surface area contributed by atoms with Gasteiger partial charge in [-0.25, -0.2) is 8.42 Å². The molecule has 0 bridgehead atoms. The van der Waals surface area contributed by atoms with E-state index in [9.17, 15) is 18.0 Å². The maximum Gasteiger partial charge on any atom is 0.244 e. The molecule has 0 unspecified atom stereocenters. The van der Waals surface area contributed by atoms with Gasteiger partial charge in [0.05, 0.1) is 11.9 Å². The fraction of sp³-hybridized carbons (Fsp3) is 0.481. The summed E-state index contributed by atoms with van der Waals surface area (Å²) in [5.41, 5.74) is 3.16. The van der Waals surface area contributed by atoms with Crippen molar-refractivity contribution in [2.45, 2.75) is 66.0 Å². The number of rotatable bonds is 12. The average Bonchev–Trinajstić information content (AvgIpc) is 2.81. The van der Waals surface area contributed by atoms with E-state index in [1.165, 1.54) is 4.90 Å². The van der Waals surface area contributed by atoms with Crippen LogP contribution in [0.5, 0.6) is 0 Å². The zero-order valence-electron chi connectivity index (χ0n) is 21.7. The summed E-state index contributed by atoms with van der Waals surface area (Å²) in [4.78, 5) is 28.3. The molecule has 0 spiro atoms. The van der Waals surface area contributed by atoms with Crippen molar-refractivity contribution in [2.75, 3.05) is 23.7 Å². The van der Waals surface area contributed by atoms with Gasteiger partial charge < -0.3 is 10.2 Å². The molecule has 8 heteroatoms. The quantitative estimate of drug-likeness (QED) is 0.479. The Hall–Kier alpha value is -2.87. The molecule has 0 aromatic heterocycles. The number of sulfonamides is 1. The van der Waals surface area contributed by atoms with Crippen LogP contribution in [0.4, 0.5) is 5.69 Å². The van der Waals surface area contributed by atoms with Crippen LogP contribution in [-0.2, 0) is 26.0 Å². The minimum atomic E-state index is -3.74. The number of hydrogen-bond acceptors (Lipinski definition) is 4. The van der Waals surface area contributed by atoms with Crippen LogP contribution in [0, 0.1) is 13.8 Å². The molecule has 0 aliphatic heterocycles. The van der Waals surface area contributed by atoms with Gasteiger partial charge in [0.15, 0.2) is 0 Å². The Morgan fingerprint density at radius 3 is 2.23 bits per heavy atom. The van der Waals surface area contributed by atoms with Crippen LogP contribution >= 0.6 is 0 Å². The number of amides is 2. The van der Waals surface area contributed by atoms with E-state index in [1.807, 2.05) is 77.1 Å².